The maximum absolute atomic E-state index is 12.5. The van der Waals surface area contributed by atoms with E-state index in [1.807, 2.05) is 32.0 Å². The maximum Gasteiger partial charge on any atom is 0.348 e. The molecule has 0 unspecified atom stereocenters. The molecule has 4 aromatic rings. The molecule has 2 aromatic heterocycles. The average molecular weight is 470 g/mol. The van der Waals surface area contributed by atoms with Gasteiger partial charge in [0.2, 0.25) is 0 Å². The number of nitrogens with one attached hydrogen (secondary N) is 1. The van der Waals surface area contributed by atoms with Gasteiger partial charge in [-0.3, -0.25) is 4.79 Å². The zero-order chi connectivity index (χ0) is 22.7. The molecule has 1 amide bonds. The van der Waals surface area contributed by atoms with Crippen molar-refractivity contribution in [3.63, 3.8) is 0 Å². The number of para-hydroxylation sites is 1. The number of benzene rings is 2. The summed E-state index contributed by atoms with van der Waals surface area (Å²) in [5.41, 5.74) is 2.08. The number of aromatic nitrogens is 2. The van der Waals surface area contributed by atoms with E-state index in [4.69, 9.17) is 21.1 Å². The molecule has 0 bridgehead atoms. The van der Waals surface area contributed by atoms with E-state index < -0.39 is 18.5 Å². The van der Waals surface area contributed by atoms with Crippen molar-refractivity contribution in [2.45, 2.75) is 13.8 Å². The van der Waals surface area contributed by atoms with Gasteiger partial charge in [0.05, 0.1) is 23.0 Å². The number of amides is 1. The van der Waals surface area contributed by atoms with Crippen molar-refractivity contribution in [2.75, 3.05) is 18.5 Å². The molecule has 0 saturated carbocycles. The lowest BCUT2D eigenvalue weighted by atomic mass is 10.3. The molecule has 1 N–H and O–H groups in total. The van der Waals surface area contributed by atoms with Gasteiger partial charge in [-0.2, -0.15) is 5.10 Å². The van der Waals surface area contributed by atoms with Crippen LogP contribution < -0.4 is 10.1 Å². The topological polar surface area (TPSA) is 82.4 Å². The Morgan fingerprint density at radius 1 is 1.16 bits per heavy atom. The number of aryl methyl sites for hydroxylation is 1. The SMILES string of the molecule is CCOc1ccc(NC(=O)COC(=O)c2cc3c(C)nn(-c4ccccc4Cl)c3s2)cc1. The van der Waals surface area contributed by atoms with E-state index in [0.29, 0.717) is 27.9 Å². The molecule has 0 fully saturated rings. The van der Waals surface area contributed by atoms with Gasteiger partial charge in [-0.05, 0) is 56.3 Å². The minimum Gasteiger partial charge on any atom is -0.494 e. The van der Waals surface area contributed by atoms with Crippen molar-refractivity contribution < 1.29 is 19.1 Å². The molecule has 0 atom stereocenters. The summed E-state index contributed by atoms with van der Waals surface area (Å²) < 4.78 is 12.3. The second kappa shape index (κ2) is 9.42. The van der Waals surface area contributed by atoms with E-state index in [9.17, 15) is 9.59 Å². The lowest BCUT2D eigenvalue weighted by Gasteiger charge is -2.07. The van der Waals surface area contributed by atoms with Gasteiger partial charge in [0, 0.05) is 11.1 Å². The first-order valence-corrected chi connectivity index (χ1v) is 11.1. The second-order valence-corrected chi connectivity index (χ2v) is 8.30. The Labute approximate surface area is 193 Å². The van der Waals surface area contributed by atoms with Crippen LogP contribution in [0.5, 0.6) is 5.75 Å². The van der Waals surface area contributed by atoms with Crippen LogP contribution in [0.3, 0.4) is 0 Å². The van der Waals surface area contributed by atoms with Gasteiger partial charge in [-0.25, -0.2) is 9.48 Å². The highest BCUT2D eigenvalue weighted by Gasteiger charge is 2.19. The van der Waals surface area contributed by atoms with E-state index in [1.54, 1.807) is 41.1 Å². The lowest BCUT2D eigenvalue weighted by Crippen LogP contribution is -2.20. The largest absolute Gasteiger partial charge is 0.494 e. The third kappa shape index (κ3) is 4.61. The molecular formula is C23H20ClN3O4S. The molecule has 2 aromatic carbocycles. The smallest absolute Gasteiger partial charge is 0.348 e. The molecule has 0 aliphatic carbocycles. The van der Waals surface area contributed by atoms with Crippen LogP contribution in [-0.2, 0) is 9.53 Å². The van der Waals surface area contributed by atoms with E-state index in [0.717, 1.165) is 21.6 Å². The first kappa shape index (κ1) is 21.9. The number of hydrogen-bond donors (Lipinski definition) is 1. The van der Waals surface area contributed by atoms with Crippen molar-refractivity contribution in [3.8, 4) is 11.4 Å². The Kier molecular flexibility index (Phi) is 6.43. The van der Waals surface area contributed by atoms with Crippen LogP contribution in [-0.4, -0.2) is 34.9 Å². The minimum absolute atomic E-state index is 0.384. The molecule has 0 radical (unpaired) electrons. The zero-order valence-corrected chi connectivity index (χ0v) is 19.0. The number of thiophene rings is 1. The van der Waals surface area contributed by atoms with Gasteiger partial charge in [-0.1, -0.05) is 23.7 Å². The first-order valence-electron chi connectivity index (χ1n) is 9.90. The monoisotopic (exact) mass is 469 g/mol. The van der Waals surface area contributed by atoms with Crippen LogP contribution in [0.2, 0.25) is 5.02 Å². The summed E-state index contributed by atoms with van der Waals surface area (Å²) in [6.07, 6.45) is 0. The standard InChI is InChI=1S/C23H20ClN3O4S/c1-3-30-16-10-8-15(9-11-16)25-21(28)13-31-23(29)20-12-17-14(2)26-27(22(17)32-20)19-7-5-4-6-18(19)24/h4-12H,3,13H2,1-2H3,(H,25,28). The van der Waals surface area contributed by atoms with Crippen LogP contribution in [0.1, 0.15) is 22.3 Å². The Balaban J connectivity index is 1.43. The number of fused-ring (bicyclic) bond motifs is 1. The summed E-state index contributed by atoms with van der Waals surface area (Å²) >= 11 is 7.55. The quantitative estimate of drug-likeness (QED) is 0.374. The molecule has 9 heteroatoms. The molecule has 2 heterocycles. The number of ether oxygens (including phenoxy) is 2. The predicted octanol–water partition coefficient (Wildman–Crippen LogP) is 5.24. The van der Waals surface area contributed by atoms with E-state index >= 15 is 0 Å². The number of esters is 1. The van der Waals surface area contributed by atoms with E-state index in [1.165, 1.54) is 11.3 Å². The van der Waals surface area contributed by atoms with Gasteiger partial charge in [0.1, 0.15) is 15.5 Å². The first-order chi connectivity index (χ1) is 15.5. The molecule has 164 valence electrons. The van der Waals surface area contributed by atoms with Crippen LogP contribution in [0.4, 0.5) is 5.69 Å². The molecular weight excluding hydrogens is 450 g/mol. The summed E-state index contributed by atoms with van der Waals surface area (Å²) in [4.78, 5) is 25.9. The molecule has 0 aliphatic rings. The van der Waals surface area contributed by atoms with Crippen LogP contribution in [0, 0.1) is 6.92 Å². The van der Waals surface area contributed by atoms with Gasteiger partial charge in [-0.15, -0.1) is 11.3 Å². The number of carbonyl (C=O) groups excluding carboxylic acids is 2. The van der Waals surface area contributed by atoms with Crippen molar-refractivity contribution in [1.82, 2.24) is 9.78 Å². The summed E-state index contributed by atoms with van der Waals surface area (Å²) in [6.45, 7) is 3.93. The van der Waals surface area contributed by atoms with Crippen LogP contribution in [0.25, 0.3) is 15.9 Å². The molecule has 7 nitrogen and oxygen atoms in total. The third-order valence-electron chi connectivity index (χ3n) is 4.61. The minimum atomic E-state index is -0.571. The van der Waals surface area contributed by atoms with Crippen LogP contribution in [0.15, 0.2) is 54.6 Å². The van der Waals surface area contributed by atoms with Crippen LogP contribution >= 0.6 is 22.9 Å². The van der Waals surface area contributed by atoms with Crippen molar-refractivity contribution in [1.29, 1.82) is 0 Å². The normalized spacial score (nSPS) is 10.8. The number of rotatable bonds is 7. The Morgan fingerprint density at radius 3 is 2.62 bits per heavy atom. The number of hydrogen-bond acceptors (Lipinski definition) is 6. The Morgan fingerprint density at radius 2 is 1.91 bits per heavy atom. The highest BCUT2D eigenvalue weighted by atomic mass is 35.5. The van der Waals surface area contributed by atoms with Gasteiger partial charge < -0.3 is 14.8 Å². The van der Waals surface area contributed by atoms with Gasteiger partial charge in [0.15, 0.2) is 6.61 Å². The molecule has 0 aliphatic heterocycles. The zero-order valence-electron chi connectivity index (χ0n) is 17.4. The van der Waals surface area contributed by atoms with Gasteiger partial charge >= 0.3 is 5.97 Å². The summed E-state index contributed by atoms with van der Waals surface area (Å²) in [7, 11) is 0. The number of halogens is 1. The lowest BCUT2D eigenvalue weighted by molar-refractivity contribution is -0.119. The fourth-order valence-corrected chi connectivity index (χ4v) is 4.42. The number of anilines is 1. The fourth-order valence-electron chi connectivity index (χ4n) is 3.14. The summed E-state index contributed by atoms with van der Waals surface area (Å²) in [6, 6.07) is 16.0. The average Bonchev–Trinajstić information content (AvgIpc) is 3.35. The number of carbonyl (C=O) groups is 2. The van der Waals surface area contributed by atoms with Crippen molar-refractivity contribution in [2.24, 2.45) is 0 Å². The molecule has 0 spiro atoms. The Bertz CT molecular complexity index is 1280. The third-order valence-corrected chi connectivity index (χ3v) is 6.02. The number of nitrogens with zero attached hydrogens (tertiary/aromatic N) is 2. The highest BCUT2D eigenvalue weighted by molar-refractivity contribution is 7.20. The Hall–Kier alpha value is -3.36. The second-order valence-electron chi connectivity index (χ2n) is 6.86. The van der Waals surface area contributed by atoms with Gasteiger partial charge in [0.25, 0.3) is 5.91 Å². The highest BCUT2D eigenvalue weighted by Crippen LogP contribution is 2.32. The summed E-state index contributed by atoms with van der Waals surface area (Å²) in [5.74, 6) is -0.285. The molecule has 0 saturated heterocycles. The van der Waals surface area contributed by atoms with E-state index in [-0.39, 0.29) is 0 Å². The van der Waals surface area contributed by atoms with Crippen molar-refractivity contribution >= 4 is 50.7 Å². The van der Waals surface area contributed by atoms with E-state index in [2.05, 4.69) is 10.4 Å². The van der Waals surface area contributed by atoms with Crippen molar-refractivity contribution in [3.05, 3.63) is 70.2 Å². The molecule has 32 heavy (non-hydrogen) atoms. The maximum atomic E-state index is 12.5. The fraction of sp³-hybridized carbons (Fsp3) is 0.174. The molecule has 4 rings (SSSR count). The predicted molar refractivity (Wildman–Crippen MR) is 125 cm³/mol. The summed E-state index contributed by atoms with van der Waals surface area (Å²) in [5, 5.41) is 8.62.